The molecule has 1 N–H and O–H groups in total. The van der Waals surface area contributed by atoms with E-state index >= 15 is 0 Å². The number of nitrogens with one attached hydrogen (secondary N) is 1. The Balaban J connectivity index is 2.25. The Bertz CT molecular complexity index is 461. The van der Waals surface area contributed by atoms with Crippen LogP contribution >= 0.6 is 0 Å². The molecule has 1 aromatic carbocycles. The summed E-state index contributed by atoms with van der Waals surface area (Å²) in [6, 6.07) is 7.07. The van der Waals surface area contributed by atoms with Crippen LogP contribution in [0.3, 0.4) is 0 Å². The van der Waals surface area contributed by atoms with E-state index < -0.39 is 0 Å². The number of anilines is 1. The number of benzene rings is 1. The Hall–Kier alpha value is -1.60. The maximum atomic E-state index is 14.2. The quantitative estimate of drug-likeness (QED) is 0.905. The van der Waals surface area contributed by atoms with Gasteiger partial charge in [-0.15, -0.1) is 0 Å². The van der Waals surface area contributed by atoms with E-state index in [1.807, 2.05) is 6.07 Å². The molecule has 19 heavy (non-hydrogen) atoms. The number of nitriles is 1. The van der Waals surface area contributed by atoms with Crippen molar-refractivity contribution in [2.45, 2.75) is 32.2 Å². The molecule has 0 aromatic heterocycles. The smallest absolute Gasteiger partial charge is 0.147 e. The van der Waals surface area contributed by atoms with Crippen LogP contribution in [-0.2, 0) is 0 Å². The van der Waals surface area contributed by atoms with Gasteiger partial charge in [0.05, 0.1) is 17.3 Å². The van der Waals surface area contributed by atoms with Crippen molar-refractivity contribution in [2.75, 3.05) is 24.5 Å². The highest BCUT2D eigenvalue weighted by molar-refractivity contribution is 5.52. The summed E-state index contributed by atoms with van der Waals surface area (Å²) in [6.45, 7) is 4.89. The molecule has 0 amide bonds. The standard InChI is InChI=1S/C15H20FN3/c1-2-8-19(13-4-3-7-18-11-13)15-6-5-12(10-17)9-14(15)16/h5-6,9,13,18H,2-4,7-8,11H2,1H3. The van der Waals surface area contributed by atoms with Crippen LogP contribution in [0.2, 0.25) is 0 Å². The minimum absolute atomic E-state index is 0.293. The zero-order valence-electron chi connectivity index (χ0n) is 11.3. The fraction of sp³-hybridized carbons (Fsp3) is 0.533. The predicted octanol–water partition coefficient (Wildman–Crippen LogP) is 2.67. The highest BCUT2D eigenvalue weighted by Gasteiger charge is 2.22. The molecule has 0 radical (unpaired) electrons. The summed E-state index contributed by atoms with van der Waals surface area (Å²) in [5.41, 5.74) is 0.994. The average Bonchev–Trinajstić information content (AvgIpc) is 2.46. The molecule has 102 valence electrons. The average molecular weight is 261 g/mol. The monoisotopic (exact) mass is 261 g/mol. The molecule has 1 heterocycles. The molecule has 1 aliphatic rings. The molecule has 4 heteroatoms. The third kappa shape index (κ3) is 3.24. The van der Waals surface area contributed by atoms with Gasteiger partial charge in [0.2, 0.25) is 0 Å². The first-order valence-corrected chi connectivity index (χ1v) is 6.93. The maximum Gasteiger partial charge on any atom is 0.147 e. The van der Waals surface area contributed by atoms with Crippen molar-refractivity contribution in [1.82, 2.24) is 5.32 Å². The molecule has 0 spiro atoms. The lowest BCUT2D eigenvalue weighted by Gasteiger charge is -2.36. The van der Waals surface area contributed by atoms with Crippen LogP contribution in [0.5, 0.6) is 0 Å². The van der Waals surface area contributed by atoms with E-state index in [1.54, 1.807) is 12.1 Å². The van der Waals surface area contributed by atoms with Gasteiger partial charge in [-0.2, -0.15) is 5.26 Å². The fourth-order valence-electron chi connectivity index (χ4n) is 2.65. The Morgan fingerprint density at radius 3 is 2.95 bits per heavy atom. The summed E-state index contributed by atoms with van der Waals surface area (Å²) in [5, 5.41) is 12.2. The lowest BCUT2D eigenvalue weighted by atomic mass is 10.0. The van der Waals surface area contributed by atoms with Crippen molar-refractivity contribution in [3.05, 3.63) is 29.6 Å². The van der Waals surface area contributed by atoms with Crippen molar-refractivity contribution < 1.29 is 4.39 Å². The van der Waals surface area contributed by atoms with Crippen molar-refractivity contribution in [1.29, 1.82) is 5.26 Å². The first-order valence-electron chi connectivity index (χ1n) is 6.93. The van der Waals surface area contributed by atoms with Gasteiger partial charge in [0.1, 0.15) is 5.82 Å². The van der Waals surface area contributed by atoms with E-state index in [9.17, 15) is 4.39 Å². The Morgan fingerprint density at radius 1 is 1.53 bits per heavy atom. The largest absolute Gasteiger partial charge is 0.365 e. The Kier molecular flexibility index (Phi) is 4.75. The van der Waals surface area contributed by atoms with Crippen LogP contribution in [0.4, 0.5) is 10.1 Å². The predicted molar refractivity (Wildman–Crippen MR) is 74.6 cm³/mol. The van der Waals surface area contributed by atoms with E-state index in [0.29, 0.717) is 17.3 Å². The molecule has 1 fully saturated rings. The molecular weight excluding hydrogens is 241 g/mol. The molecule has 1 atom stereocenters. The van der Waals surface area contributed by atoms with Gasteiger partial charge in [-0.05, 0) is 44.0 Å². The Labute approximate surface area is 114 Å². The summed E-state index contributed by atoms with van der Waals surface area (Å²) in [6.07, 6.45) is 3.20. The number of rotatable bonds is 4. The van der Waals surface area contributed by atoms with E-state index in [4.69, 9.17) is 5.26 Å². The zero-order chi connectivity index (χ0) is 13.7. The van der Waals surface area contributed by atoms with Crippen molar-refractivity contribution in [3.8, 4) is 6.07 Å². The number of piperidine rings is 1. The van der Waals surface area contributed by atoms with Crippen LogP contribution in [0.1, 0.15) is 31.7 Å². The van der Waals surface area contributed by atoms with Gasteiger partial charge in [-0.1, -0.05) is 6.92 Å². The van der Waals surface area contributed by atoms with Gasteiger partial charge in [-0.3, -0.25) is 0 Å². The van der Waals surface area contributed by atoms with Crippen molar-refractivity contribution >= 4 is 5.69 Å². The van der Waals surface area contributed by atoms with Crippen molar-refractivity contribution in [3.63, 3.8) is 0 Å². The minimum atomic E-state index is -0.293. The second-order valence-electron chi connectivity index (χ2n) is 4.97. The third-order valence-electron chi connectivity index (χ3n) is 3.56. The van der Waals surface area contributed by atoms with E-state index in [1.165, 1.54) is 6.07 Å². The van der Waals surface area contributed by atoms with Crippen LogP contribution in [0.15, 0.2) is 18.2 Å². The second-order valence-corrected chi connectivity index (χ2v) is 4.97. The van der Waals surface area contributed by atoms with Gasteiger partial charge in [0, 0.05) is 19.1 Å². The SMILES string of the molecule is CCCN(c1ccc(C#N)cc1F)C1CCCNC1. The van der Waals surface area contributed by atoms with Gasteiger partial charge >= 0.3 is 0 Å². The summed E-state index contributed by atoms with van der Waals surface area (Å²) < 4.78 is 14.2. The lowest BCUT2D eigenvalue weighted by molar-refractivity contribution is 0.427. The van der Waals surface area contributed by atoms with Crippen LogP contribution in [-0.4, -0.2) is 25.7 Å². The van der Waals surface area contributed by atoms with Gasteiger partial charge in [0.25, 0.3) is 0 Å². The molecule has 1 saturated heterocycles. The summed E-state index contributed by atoms with van der Waals surface area (Å²) in [7, 11) is 0. The molecule has 1 aliphatic heterocycles. The van der Waals surface area contributed by atoms with Crippen LogP contribution in [0, 0.1) is 17.1 Å². The molecule has 2 rings (SSSR count). The highest BCUT2D eigenvalue weighted by atomic mass is 19.1. The van der Waals surface area contributed by atoms with Crippen LogP contribution in [0.25, 0.3) is 0 Å². The third-order valence-corrected chi connectivity index (χ3v) is 3.56. The highest BCUT2D eigenvalue weighted by Crippen LogP contribution is 2.25. The lowest BCUT2D eigenvalue weighted by Crippen LogP contribution is -2.46. The molecule has 0 aliphatic carbocycles. The molecule has 3 nitrogen and oxygen atoms in total. The van der Waals surface area contributed by atoms with E-state index in [2.05, 4.69) is 17.1 Å². The fourth-order valence-corrected chi connectivity index (χ4v) is 2.65. The normalized spacial score (nSPS) is 18.9. The number of halogens is 1. The van der Waals surface area contributed by atoms with Gasteiger partial charge in [-0.25, -0.2) is 4.39 Å². The topological polar surface area (TPSA) is 39.1 Å². The number of hydrogen-bond acceptors (Lipinski definition) is 3. The first kappa shape index (κ1) is 13.8. The molecule has 1 unspecified atom stereocenters. The summed E-state index contributed by atoms with van der Waals surface area (Å²) in [4.78, 5) is 2.14. The second kappa shape index (κ2) is 6.53. The minimum Gasteiger partial charge on any atom is -0.365 e. The maximum absolute atomic E-state index is 14.2. The molecule has 0 saturated carbocycles. The van der Waals surface area contributed by atoms with E-state index in [0.717, 1.165) is 38.9 Å². The molecular formula is C15H20FN3. The van der Waals surface area contributed by atoms with Crippen LogP contribution < -0.4 is 10.2 Å². The Morgan fingerprint density at radius 2 is 2.37 bits per heavy atom. The summed E-state index contributed by atoms with van der Waals surface area (Å²) >= 11 is 0. The van der Waals surface area contributed by atoms with E-state index in [-0.39, 0.29) is 5.82 Å². The van der Waals surface area contributed by atoms with Gasteiger partial charge < -0.3 is 10.2 Å². The zero-order valence-corrected chi connectivity index (χ0v) is 11.3. The first-order chi connectivity index (χ1) is 9.26. The number of nitrogens with zero attached hydrogens (tertiary/aromatic N) is 2. The van der Waals surface area contributed by atoms with Gasteiger partial charge in [0.15, 0.2) is 0 Å². The molecule has 1 aromatic rings. The molecule has 0 bridgehead atoms. The van der Waals surface area contributed by atoms with Crippen molar-refractivity contribution in [2.24, 2.45) is 0 Å². The number of hydrogen-bond donors (Lipinski definition) is 1. The summed E-state index contributed by atoms with van der Waals surface area (Å²) in [5.74, 6) is -0.293.